The van der Waals surface area contributed by atoms with Gasteiger partial charge in [0.25, 0.3) is 5.91 Å². The molecule has 1 aliphatic heterocycles. The highest BCUT2D eigenvalue weighted by Gasteiger charge is 2.38. The van der Waals surface area contributed by atoms with Crippen LogP contribution in [0, 0.1) is 0 Å². The van der Waals surface area contributed by atoms with Crippen molar-refractivity contribution in [2.45, 2.75) is 25.6 Å². The van der Waals surface area contributed by atoms with E-state index in [4.69, 9.17) is 4.74 Å². The lowest BCUT2D eigenvalue weighted by atomic mass is 10.0. The zero-order valence-electron chi connectivity index (χ0n) is 19.1. The highest BCUT2D eigenvalue weighted by molar-refractivity contribution is 6.17. The minimum Gasteiger partial charge on any atom is -0.494 e. The average Bonchev–Trinajstić information content (AvgIpc) is 2.84. The summed E-state index contributed by atoms with van der Waals surface area (Å²) in [5, 5.41) is 5.08. The highest BCUT2D eigenvalue weighted by Crippen LogP contribution is 2.35. The third kappa shape index (κ3) is 5.32. The smallest absolute Gasteiger partial charge is 0.416 e. The number of anilines is 3. The first-order valence-corrected chi connectivity index (χ1v) is 11.1. The molecule has 0 spiro atoms. The van der Waals surface area contributed by atoms with Gasteiger partial charge in [-0.2, -0.15) is 13.2 Å². The molecule has 0 unspecified atom stereocenters. The predicted octanol–water partition coefficient (Wildman–Crippen LogP) is 5.10. The average molecular weight is 497 g/mol. The van der Waals surface area contributed by atoms with Crippen molar-refractivity contribution in [2.75, 3.05) is 22.1 Å². The molecular formula is C26H22F3N3O4. The Bertz CT molecular complexity index is 1290. The number of rotatable bonds is 6. The molecule has 0 bridgehead atoms. The first-order valence-electron chi connectivity index (χ1n) is 11.1. The van der Waals surface area contributed by atoms with Gasteiger partial charge < -0.3 is 15.4 Å². The fraction of sp³-hybridized carbons (Fsp3) is 0.192. The van der Waals surface area contributed by atoms with Crippen LogP contribution >= 0.6 is 0 Å². The van der Waals surface area contributed by atoms with Gasteiger partial charge in [0.05, 0.1) is 30.0 Å². The summed E-state index contributed by atoms with van der Waals surface area (Å²) in [6.45, 7) is 2.29. The molecule has 3 aromatic rings. The number of carbonyl (C=O) groups is 3. The Labute approximate surface area is 204 Å². The number of para-hydroxylation sites is 2. The Kier molecular flexibility index (Phi) is 6.96. The molecule has 0 aliphatic carbocycles. The van der Waals surface area contributed by atoms with E-state index in [1.165, 1.54) is 17.0 Å². The number of fused-ring (bicyclic) bond motifs is 1. The van der Waals surface area contributed by atoms with Gasteiger partial charge in [0.2, 0.25) is 11.8 Å². The maximum Gasteiger partial charge on any atom is 0.416 e. The van der Waals surface area contributed by atoms with Crippen molar-refractivity contribution in [1.82, 2.24) is 0 Å². The highest BCUT2D eigenvalue weighted by atomic mass is 19.4. The summed E-state index contributed by atoms with van der Waals surface area (Å²) in [6.07, 6.45) is -5.05. The fourth-order valence-electron chi connectivity index (χ4n) is 3.89. The Morgan fingerprint density at radius 3 is 2.44 bits per heavy atom. The molecule has 4 rings (SSSR count). The number of hydrogen-bond donors (Lipinski definition) is 2. The number of ether oxygens (including phenoxy) is 1. The second kappa shape index (κ2) is 10.1. The van der Waals surface area contributed by atoms with Crippen LogP contribution in [0.25, 0.3) is 0 Å². The van der Waals surface area contributed by atoms with Gasteiger partial charge in [0.1, 0.15) is 11.8 Å². The van der Waals surface area contributed by atoms with Gasteiger partial charge in [-0.1, -0.05) is 18.2 Å². The zero-order valence-corrected chi connectivity index (χ0v) is 19.1. The summed E-state index contributed by atoms with van der Waals surface area (Å²) in [5.74, 6) is -1.26. The van der Waals surface area contributed by atoms with E-state index in [2.05, 4.69) is 10.6 Å². The molecule has 186 valence electrons. The summed E-state index contributed by atoms with van der Waals surface area (Å²) in [4.78, 5) is 40.5. The molecule has 2 N–H and O–H groups in total. The zero-order chi connectivity index (χ0) is 25.9. The summed E-state index contributed by atoms with van der Waals surface area (Å²) < 4.78 is 44.5. The molecule has 0 saturated carbocycles. The third-order valence-electron chi connectivity index (χ3n) is 5.52. The van der Waals surface area contributed by atoms with Crippen molar-refractivity contribution >= 4 is 34.8 Å². The molecule has 3 amide bonds. The van der Waals surface area contributed by atoms with Gasteiger partial charge in [-0.25, -0.2) is 0 Å². The SMILES string of the molecule is CCOc1ccc(C(=O)N2c3ccccc3NC(=O)[C@@H]2CC(=O)Nc2cccc(C(F)(F)F)c2)cc1. The summed E-state index contributed by atoms with van der Waals surface area (Å²) in [5.41, 5.74) is 0.0724. The van der Waals surface area contributed by atoms with Gasteiger partial charge in [0, 0.05) is 11.3 Å². The van der Waals surface area contributed by atoms with Gasteiger partial charge >= 0.3 is 6.18 Å². The van der Waals surface area contributed by atoms with Crippen LogP contribution in [-0.4, -0.2) is 30.4 Å². The molecule has 1 heterocycles. The number of alkyl halides is 3. The number of nitrogens with zero attached hydrogens (tertiary/aromatic N) is 1. The van der Waals surface area contributed by atoms with Crippen molar-refractivity contribution < 1.29 is 32.3 Å². The van der Waals surface area contributed by atoms with E-state index in [0.29, 0.717) is 23.7 Å². The van der Waals surface area contributed by atoms with E-state index in [0.717, 1.165) is 12.1 Å². The number of halogens is 3. The molecule has 0 aromatic heterocycles. The van der Waals surface area contributed by atoms with Gasteiger partial charge in [0.15, 0.2) is 0 Å². The first kappa shape index (κ1) is 24.8. The minimum absolute atomic E-state index is 0.0733. The Hall–Kier alpha value is -4.34. The number of amides is 3. The van der Waals surface area contributed by atoms with Crippen LogP contribution in [-0.2, 0) is 15.8 Å². The monoisotopic (exact) mass is 497 g/mol. The normalized spacial score (nSPS) is 15.1. The fourth-order valence-corrected chi connectivity index (χ4v) is 3.89. The van der Waals surface area contributed by atoms with Crippen LogP contribution in [0.4, 0.5) is 30.2 Å². The second-order valence-corrected chi connectivity index (χ2v) is 7.99. The van der Waals surface area contributed by atoms with E-state index in [1.807, 2.05) is 6.92 Å². The number of nitrogens with one attached hydrogen (secondary N) is 2. The standard InChI is InChI=1S/C26H22F3N3O4/c1-2-36-19-12-10-16(11-13-19)25(35)32-21-9-4-3-8-20(21)31-24(34)22(32)15-23(33)30-18-7-5-6-17(14-18)26(27,28)29/h3-14,22H,2,15H2,1H3,(H,30,33)(H,31,34)/t22-/m0/s1. The Balaban J connectivity index is 1.61. The molecule has 0 fully saturated rings. The van der Waals surface area contributed by atoms with Crippen LogP contribution in [0.1, 0.15) is 29.3 Å². The molecule has 36 heavy (non-hydrogen) atoms. The lowest BCUT2D eigenvalue weighted by Gasteiger charge is -2.36. The minimum atomic E-state index is -4.57. The summed E-state index contributed by atoms with van der Waals surface area (Å²) >= 11 is 0. The number of hydrogen-bond acceptors (Lipinski definition) is 4. The van der Waals surface area contributed by atoms with E-state index >= 15 is 0 Å². The Morgan fingerprint density at radius 2 is 1.75 bits per heavy atom. The van der Waals surface area contributed by atoms with Crippen LogP contribution in [0.3, 0.4) is 0 Å². The molecular weight excluding hydrogens is 475 g/mol. The largest absolute Gasteiger partial charge is 0.494 e. The van der Waals surface area contributed by atoms with Crippen LogP contribution < -0.4 is 20.3 Å². The summed E-state index contributed by atoms with van der Waals surface area (Å²) in [6, 6.07) is 16.0. The van der Waals surface area contributed by atoms with Crippen molar-refractivity contribution in [2.24, 2.45) is 0 Å². The lowest BCUT2D eigenvalue weighted by molar-refractivity contribution is -0.137. The van der Waals surface area contributed by atoms with Gasteiger partial charge in [-0.3, -0.25) is 19.3 Å². The number of carbonyl (C=O) groups excluding carboxylic acids is 3. The third-order valence-corrected chi connectivity index (χ3v) is 5.52. The van der Waals surface area contributed by atoms with Crippen LogP contribution in [0.5, 0.6) is 5.75 Å². The van der Waals surface area contributed by atoms with E-state index in [1.54, 1.807) is 48.5 Å². The van der Waals surface area contributed by atoms with Crippen LogP contribution in [0.15, 0.2) is 72.8 Å². The Morgan fingerprint density at radius 1 is 1.03 bits per heavy atom. The van der Waals surface area contributed by atoms with Crippen LogP contribution in [0.2, 0.25) is 0 Å². The molecule has 0 saturated heterocycles. The van der Waals surface area contributed by atoms with Crippen molar-refractivity contribution in [3.05, 3.63) is 83.9 Å². The molecule has 7 nitrogen and oxygen atoms in total. The quantitative estimate of drug-likeness (QED) is 0.496. The molecule has 10 heteroatoms. The predicted molar refractivity (Wildman–Crippen MR) is 128 cm³/mol. The maximum atomic E-state index is 13.5. The summed E-state index contributed by atoms with van der Waals surface area (Å²) in [7, 11) is 0. The molecule has 0 radical (unpaired) electrons. The maximum absolute atomic E-state index is 13.5. The molecule has 1 atom stereocenters. The first-order chi connectivity index (χ1) is 17.2. The van der Waals surface area contributed by atoms with Crippen molar-refractivity contribution in [1.29, 1.82) is 0 Å². The van der Waals surface area contributed by atoms with Crippen molar-refractivity contribution in [3.8, 4) is 5.75 Å². The topological polar surface area (TPSA) is 87.7 Å². The lowest BCUT2D eigenvalue weighted by Crippen LogP contribution is -2.52. The van der Waals surface area contributed by atoms with E-state index in [-0.39, 0.29) is 11.3 Å². The molecule has 1 aliphatic rings. The number of benzene rings is 3. The van der Waals surface area contributed by atoms with E-state index < -0.39 is 41.9 Å². The van der Waals surface area contributed by atoms with Crippen molar-refractivity contribution in [3.63, 3.8) is 0 Å². The van der Waals surface area contributed by atoms with Gasteiger partial charge in [-0.05, 0) is 61.5 Å². The van der Waals surface area contributed by atoms with Gasteiger partial charge in [-0.15, -0.1) is 0 Å². The second-order valence-electron chi connectivity index (χ2n) is 7.99. The molecule has 3 aromatic carbocycles. The van der Waals surface area contributed by atoms with E-state index in [9.17, 15) is 27.6 Å².